The molecule has 0 amide bonds. The van der Waals surface area contributed by atoms with Crippen LogP contribution < -0.4 is 4.90 Å². The van der Waals surface area contributed by atoms with E-state index in [9.17, 15) is 0 Å². The van der Waals surface area contributed by atoms with Crippen molar-refractivity contribution in [1.82, 2.24) is 4.57 Å². The summed E-state index contributed by atoms with van der Waals surface area (Å²) < 4.78 is 85.4. The van der Waals surface area contributed by atoms with Crippen LogP contribution in [0.2, 0.25) is 0 Å². The second-order valence-corrected chi connectivity index (χ2v) is 13.1. The average molecular weight is 699 g/mol. The largest absolute Gasteiger partial charge is 0.310 e. The first-order chi connectivity index (χ1) is 30.9. The molecule has 0 radical (unpaired) electrons. The lowest BCUT2D eigenvalue weighted by Crippen LogP contribution is -2.09. The molecule has 2 nitrogen and oxygen atoms in total. The minimum atomic E-state index is -0.453. The van der Waals surface area contributed by atoms with E-state index in [1.807, 2.05) is 41.3 Å². The van der Waals surface area contributed by atoms with Gasteiger partial charge in [-0.2, -0.15) is 0 Å². The first-order valence-corrected chi connectivity index (χ1v) is 17.7. The summed E-state index contributed by atoms with van der Waals surface area (Å²) in [6.45, 7) is 0. The molecule has 54 heavy (non-hydrogen) atoms. The molecule has 2 heteroatoms. The van der Waals surface area contributed by atoms with Gasteiger partial charge in [-0.25, -0.2) is 0 Å². The smallest absolute Gasteiger partial charge is 0.0629 e. The molecule has 0 aliphatic carbocycles. The second-order valence-electron chi connectivity index (χ2n) is 13.1. The Morgan fingerprint density at radius 1 is 0.352 bits per heavy atom. The Bertz CT molecular complexity index is 3320. The van der Waals surface area contributed by atoms with Crippen molar-refractivity contribution in [3.8, 4) is 39.1 Å². The van der Waals surface area contributed by atoms with E-state index >= 15 is 0 Å². The highest BCUT2D eigenvalue weighted by Gasteiger charge is 2.16. The van der Waals surface area contributed by atoms with Gasteiger partial charge < -0.3 is 9.47 Å². The highest BCUT2D eigenvalue weighted by molar-refractivity contribution is 6.10. The predicted octanol–water partition coefficient (Wildman–Crippen LogP) is 14.4. The number of fused-ring (bicyclic) bond motifs is 4. The quantitative estimate of drug-likeness (QED) is 0.161. The number of anilines is 3. The van der Waals surface area contributed by atoms with Gasteiger partial charge in [0.05, 0.1) is 24.7 Å². The van der Waals surface area contributed by atoms with Gasteiger partial charge >= 0.3 is 0 Å². The molecular formula is C52H36N2. The normalized spacial score (nSPS) is 13.9. The maximum atomic E-state index is 8.54. The van der Waals surface area contributed by atoms with E-state index in [1.165, 1.54) is 10.8 Å². The summed E-state index contributed by atoms with van der Waals surface area (Å²) in [6, 6.07) is 48.6. The van der Waals surface area contributed by atoms with E-state index in [2.05, 4.69) is 102 Å². The molecule has 0 unspecified atom stereocenters. The lowest BCUT2D eigenvalue weighted by atomic mass is 9.99. The first-order valence-electron chi connectivity index (χ1n) is 22.7. The SMILES string of the molecule is [2H]c1c([2H])c([2H])c(-c2ccc(N(c3ccc(-c4c([2H])c([2H])c([2H])c([2H])c4[2H])cc3)c3ccc4cc(-c5ccc6c(c5)c5ccccc5n6-c5ccccc5)ccc4c3)cc2)c([2H])c1[2H]. The van der Waals surface area contributed by atoms with Crippen molar-refractivity contribution in [3.63, 3.8) is 0 Å². The number of hydrogen-bond donors (Lipinski definition) is 0. The van der Waals surface area contributed by atoms with E-state index in [4.69, 9.17) is 13.7 Å². The highest BCUT2D eigenvalue weighted by Crippen LogP contribution is 2.40. The average Bonchev–Trinajstić information content (AvgIpc) is 3.66. The molecular weight excluding hydrogens is 653 g/mol. The van der Waals surface area contributed by atoms with Gasteiger partial charge in [-0.1, -0.05) is 145 Å². The fourth-order valence-electron chi connectivity index (χ4n) is 7.35. The fraction of sp³-hybridized carbons (Fsp3) is 0. The van der Waals surface area contributed by atoms with Crippen LogP contribution in [0.1, 0.15) is 13.7 Å². The molecule has 9 aromatic carbocycles. The van der Waals surface area contributed by atoms with E-state index in [1.54, 1.807) is 24.3 Å². The zero-order valence-corrected chi connectivity index (χ0v) is 28.9. The maximum Gasteiger partial charge on any atom is 0.0629 e. The van der Waals surface area contributed by atoms with Gasteiger partial charge in [-0.3, -0.25) is 0 Å². The Labute approximate surface area is 329 Å². The monoisotopic (exact) mass is 698 g/mol. The molecule has 0 saturated carbocycles. The first kappa shape index (κ1) is 22.7. The summed E-state index contributed by atoms with van der Waals surface area (Å²) in [5.74, 6) is 0. The maximum absolute atomic E-state index is 8.54. The Morgan fingerprint density at radius 3 is 1.52 bits per heavy atom. The van der Waals surface area contributed by atoms with Crippen LogP contribution in [0.4, 0.5) is 17.1 Å². The summed E-state index contributed by atoms with van der Waals surface area (Å²) in [7, 11) is 0. The number of benzene rings is 9. The molecule has 1 aromatic heterocycles. The van der Waals surface area contributed by atoms with E-state index < -0.39 is 36.3 Å². The molecule has 10 rings (SSSR count). The lowest BCUT2D eigenvalue weighted by Gasteiger charge is -2.26. The molecule has 0 aliphatic rings. The third-order valence-electron chi connectivity index (χ3n) is 9.93. The van der Waals surface area contributed by atoms with Gasteiger partial charge in [0.15, 0.2) is 0 Å². The van der Waals surface area contributed by atoms with Crippen molar-refractivity contribution >= 4 is 49.6 Å². The standard InChI is InChI=1S/C52H36N2/c1-4-12-37(13-5-1)39-22-28-46(29-23-39)53(47-30-24-40(25-31-47)38-14-6-2-7-15-38)48-32-26-42-34-41(20-21-43(42)35-48)44-27-33-52-50(36-44)49-18-10-11-19-51(49)54(52)45-16-8-3-9-17-45/h1-36H/i1D,2D,4D,5D,6D,7D,12D,13D,14D,15D. The van der Waals surface area contributed by atoms with Crippen LogP contribution in [0.5, 0.6) is 0 Å². The van der Waals surface area contributed by atoms with Crippen molar-refractivity contribution in [1.29, 1.82) is 0 Å². The topological polar surface area (TPSA) is 8.17 Å². The third-order valence-corrected chi connectivity index (χ3v) is 9.93. The van der Waals surface area contributed by atoms with Crippen molar-refractivity contribution in [3.05, 3.63) is 218 Å². The molecule has 0 fully saturated rings. The summed E-state index contributed by atoms with van der Waals surface area (Å²) in [4.78, 5) is 2.02. The molecule has 0 spiro atoms. The van der Waals surface area contributed by atoms with Gasteiger partial charge in [0.1, 0.15) is 0 Å². The number of nitrogens with zero attached hydrogens (tertiary/aromatic N) is 2. The summed E-state index contributed by atoms with van der Waals surface area (Å²) in [6.07, 6.45) is 0. The fourth-order valence-corrected chi connectivity index (χ4v) is 7.35. The van der Waals surface area contributed by atoms with Crippen LogP contribution in [0, 0.1) is 0 Å². The Kier molecular flexibility index (Phi) is 5.65. The zero-order chi connectivity index (χ0) is 44.6. The van der Waals surface area contributed by atoms with Crippen LogP contribution in [0.15, 0.2) is 218 Å². The Hall–Kier alpha value is -7.16. The third kappa shape index (κ3) is 5.71. The van der Waals surface area contributed by atoms with E-state index in [0.717, 1.165) is 44.3 Å². The minimum absolute atomic E-state index is 0.106. The summed E-state index contributed by atoms with van der Waals surface area (Å²) in [5.41, 5.74) is 8.91. The molecule has 0 N–H and O–H groups in total. The summed E-state index contributed by atoms with van der Waals surface area (Å²) >= 11 is 0. The van der Waals surface area contributed by atoms with Crippen LogP contribution in [0.25, 0.3) is 71.6 Å². The molecule has 0 atom stereocenters. The van der Waals surface area contributed by atoms with Crippen LogP contribution in [-0.4, -0.2) is 4.57 Å². The molecule has 254 valence electrons. The van der Waals surface area contributed by atoms with Gasteiger partial charge in [0.25, 0.3) is 0 Å². The van der Waals surface area contributed by atoms with Crippen molar-refractivity contribution in [2.24, 2.45) is 0 Å². The van der Waals surface area contributed by atoms with Crippen LogP contribution in [-0.2, 0) is 0 Å². The van der Waals surface area contributed by atoms with Gasteiger partial charge in [0, 0.05) is 33.5 Å². The minimum Gasteiger partial charge on any atom is -0.310 e. The van der Waals surface area contributed by atoms with Gasteiger partial charge in [-0.05, 0) is 117 Å². The van der Waals surface area contributed by atoms with Crippen LogP contribution in [0.3, 0.4) is 0 Å². The Balaban J connectivity index is 1.06. The highest BCUT2D eigenvalue weighted by atomic mass is 15.1. The van der Waals surface area contributed by atoms with Crippen LogP contribution >= 0.6 is 0 Å². The van der Waals surface area contributed by atoms with Gasteiger partial charge in [-0.15, -0.1) is 0 Å². The number of hydrogen-bond acceptors (Lipinski definition) is 1. The van der Waals surface area contributed by atoms with E-state index in [0.29, 0.717) is 22.5 Å². The molecule has 1 heterocycles. The predicted molar refractivity (Wildman–Crippen MR) is 229 cm³/mol. The number of aromatic nitrogens is 1. The molecule has 0 aliphatic heterocycles. The summed E-state index contributed by atoms with van der Waals surface area (Å²) in [5, 5.41) is 4.36. The van der Waals surface area contributed by atoms with Crippen molar-refractivity contribution in [2.75, 3.05) is 4.90 Å². The molecule has 0 bridgehead atoms. The second kappa shape index (κ2) is 13.4. The number of rotatable bonds is 7. The van der Waals surface area contributed by atoms with Gasteiger partial charge in [0.2, 0.25) is 0 Å². The molecule has 10 aromatic rings. The zero-order valence-electron chi connectivity index (χ0n) is 38.9. The van der Waals surface area contributed by atoms with Crippen molar-refractivity contribution < 1.29 is 13.7 Å². The van der Waals surface area contributed by atoms with E-state index in [-0.39, 0.29) is 35.3 Å². The van der Waals surface area contributed by atoms with Crippen molar-refractivity contribution in [2.45, 2.75) is 0 Å². The Morgan fingerprint density at radius 2 is 0.852 bits per heavy atom. The molecule has 0 saturated heterocycles. The lowest BCUT2D eigenvalue weighted by molar-refractivity contribution is 1.18. The number of para-hydroxylation sites is 2.